The molecule has 0 aliphatic heterocycles. The summed E-state index contributed by atoms with van der Waals surface area (Å²) < 4.78 is 11.6. The van der Waals surface area contributed by atoms with E-state index in [1.807, 2.05) is 37.3 Å². The number of ether oxygens (including phenoxy) is 2. The first-order valence-corrected chi connectivity index (χ1v) is 10.3. The summed E-state index contributed by atoms with van der Waals surface area (Å²) in [5, 5.41) is 1.20. The van der Waals surface area contributed by atoms with E-state index in [1.165, 1.54) is 15.0 Å². The molecule has 0 radical (unpaired) electrons. The smallest absolute Gasteiger partial charge is 0.338 e. The minimum absolute atomic E-state index is 0.292. The maximum absolute atomic E-state index is 12.1. The summed E-state index contributed by atoms with van der Waals surface area (Å²) in [6.07, 6.45) is 2.59. The van der Waals surface area contributed by atoms with Gasteiger partial charge in [-0.25, -0.2) is 9.78 Å². The third kappa shape index (κ3) is 4.15. The Hall–Kier alpha value is -3.18. The molecule has 0 aliphatic rings. The molecule has 0 aliphatic carbocycles. The second-order valence-corrected chi connectivity index (χ2v) is 7.76. The lowest BCUT2D eigenvalue weighted by Gasteiger charge is -2.06. The molecule has 0 bridgehead atoms. The first-order chi connectivity index (χ1) is 14.2. The van der Waals surface area contributed by atoms with Crippen LogP contribution in [0.3, 0.4) is 0 Å². The van der Waals surface area contributed by atoms with Crippen LogP contribution in [0.25, 0.3) is 21.2 Å². The van der Waals surface area contributed by atoms with Crippen molar-refractivity contribution >= 4 is 27.4 Å². The topological polar surface area (TPSA) is 48.4 Å². The van der Waals surface area contributed by atoms with Gasteiger partial charge in [0.25, 0.3) is 0 Å². The van der Waals surface area contributed by atoms with Gasteiger partial charge in [0.1, 0.15) is 0 Å². The summed E-state index contributed by atoms with van der Waals surface area (Å²) in [6, 6.07) is 20.1. The Kier molecular flexibility index (Phi) is 5.58. The van der Waals surface area contributed by atoms with Crippen molar-refractivity contribution in [3.63, 3.8) is 0 Å². The standard InChI is InChI=1S/C24H21NO3S/c1-3-28-24(26)19-8-4-6-17(14-19)21-9-5-7-18-15-20(29-23(18)21)12-16-10-11-25-22(13-16)27-2/h4-11,13-15H,3,12H2,1-2H3. The average molecular weight is 404 g/mol. The van der Waals surface area contributed by atoms with Crippen molar-refractivity contribution in [1.82, 2.24) is 4.98 Å². The number of hydrogen-bond donors (Lipinski definition) is 0. The number of fused-ring (bicyclic) bond motifs is 1. The Morgan fingerprint density at radius 2 is 1.93 bits per heavy atom. The second kappa shape index (κ2) is 8.45. The zero-order valence-electron chi connectivity index (χ0n) is 16.3. The van der Waals surface area contributed by atoms with Gasteiger partial charge in [0.05, 0.1) is 19.3 Å². The van der Waals surface area contributed by atoms with E-state index in [9.17, 15) is 4.79 Å². The van der Waals surface area contributed by atoms with Gasteiger partial charge in [0.15, 0.2) is 0 Å². The number of nitrogens with zero attached hydrogens (tertiary/aromatic N) is 1. The Labute approximate surface area is 173 Å². The van der Waals surface area contributed by atoms with E-state index in [4.69, 9.17) is 9.47 Å². The van der Waals surface area contributed by atoms with Crippen molar-refractivity contribution in [3.8, 4) is 17.0 Å². The highest BCUT2D eigenvalue weighted by Crippen LogP contribution is 2.36. The van der Waals surface area contributed by atoms with Gasteiger partial charge in [0.2, 0.25) is 5.88 Å². The van der Waals surface area contributed by atoms with E-state index in [2.05, 4.69) is 29.2 Å². The summed E-state index contributed by atoms with van der Waals surface area (Å²) in [6.45, 7) is 2.18. The maximum atomic E-state index is 12.1. The highest BCUT2D eigenvalue weighted by Gasteiger charge is 2.12. The van der Waals surface area contributed by atoms with Crippen LogP contribution in [0.5, 0.6) is 5.88 Å². The van der Waals surface area contributed by atoms with Gasteiger partial charge in [-0.1, -0.05) is 30.3 Å². The van der Waals surface area contributed by atoms with Crippen molar-refractivity contribution in [2.45, 2.75) is 13.3 Å². The van der Waals surface area contributed by atoms with Gasteiger partial charge in [0, 0.05) is 28.3 Å². The minimum atomic E-state index is -0.292. The van der Waals surface area contributed by atoms with Gasteiger partial charge in [-0.2, -0.15) is 0 Å². The number of esters is 1. The molecule has 0 unspecified atom stereocenters. The van der Waals surface area contributed by atoms with Crippen molar-refractivity contribution in [2.24, 2.45) is 0 Å². The fourth-order valence-electron chi connectivity index (χ4n) is 3.33. The molecule has 0 saturated carbocycles. The molecule has 0 spiro atoms. The summed E-state index contributed by atoms with van der Waals surface area (Å²) >= 11 is 1.77. The largest absolute Gasteiger partial charge is 0.481 e. The molecule has 4 aromatic rings. The number of carbonyl (C=O) groups excluding carboxylic acids is 1. The van der Waals surface area contributed by atoms with Crippen molar-refractivity contribution in [1.29, 1.82) is 0 Å². The normalized spacial score (nSPS) is 10.8. The first kappa shape index (κ1) is 19.2. The van der Waals surface area contributed by atoms with E-state index in [0.717, 1.165) is 23.1 Å². The number of benzene rings is 2. The second-order valence-electron chi connectivity index (χ2n) is 6.62. The van der Waals surface area contributed by atoms with Crippen LogP contribution < -0.4 is 4.74 Å². The van der Waals surface area contributed by atoms with Crippen LogP contribution in [-0.2, 0) is 11.2 Å². The number of aromatic nitrogens is 1. The zero-order valence-corrected chi connectivity index (χ0v) is 17.2. The Balaban J connectivity index is 1.70. The molecule has 2 aromatic heterocycles. The van der Waals surface area contributed by atoms with Crippen molar-refractivity contribution < 1.29 is 14.3 Å². The fourth-order valence-corrected chi connectivity index (χ4v) is 4.56. The van der Waals surface area contributed by atoms with Gasteiger partial charge >= 0.3 is 5.97 Å². The average Bonchev–Trinajstić information content (AvgIpc) is 3.16. The number of methoxy groups -OCH3 is 1. The summed E-state index contributed by atoms with van der Waals surface area (Å²) in [5.74, 6) is 0.333. The van der Waals surface area contributed by atoms with Crippen LogP contribution in [0.1, 0.15) is 27.7 Å². The monoisotopic (exact) mass is 403 g/mol. The lowest BCUT2D eigenvalue weighted by atomic mass is 10.0. The molecule has 0 atom stereocenters. The molecule has 0 fully saturated rings. The Morgan fingerprint density at radius 1 is 1.07 bits per heavy atom. The van der Waals surface area contributed by atoms with Gasteiger partial charge < -0.3 is 9.47 Å². The summed E-state index contributed by atoms with van der Waals surface area (Å²) in [5.41, 5.74) is 3.87. The molecule has 4 rings (SSSR count). The fraction of sp³-hybridized carbons (Fsp3) is 0.167. The van der Waals surface area contributed by atoms with Crippen molar-refractivity contribution in [2.75, 3.05) is 13.7 Å². The van der Waals surface area contributed by atoms with Gasteiger partial charge in [-0.15, -0.1) is 11.3 Å². The van der Waals surface area contributed by atoms with Crippen LogP contribution in [0.2, 0.25) is 0 Å². The number of carbonyl (C=O) groups is 1. The number of thiophene rings is 1. The van der Waals surface area contributed by atoms with E-state index in [-0.39, 0.29) is 5.97 Å². The molecule has 2 aromatic carbocycles. The molecule has 0 N–H and O–H groups in total. The highest BCUT2D eigenvalue weighted by atomic mass is 32.1. The third-order valence-electron chi connectivity index (χ3n) is 4.67. The molecule has 5 heteroatoms. The highest BCUT2D eigenvalue weighted by molar-refractivity contribution is 7.19. The van der Waals surface area contributed by atoms with Gasteiger partial charge in [-0.05, 0) is 53.3 Å². The van der Waals surface area contributed by atoms with Crippen LogP contribution in [0.15, 0.2) is 66.9 Å². The molecular weight excluding hydrogens is 382 g/mol. The van der Waals surface area contributed by atoms with E-state index in [1.54, 1.807) is 30.7 Å². The van der Waals surface area contributed by atoms with Crippen LogP contribution in [0, 0.1) is 0 Å². The molecule has 2 heterocycles. The predicted molar refractivity (Wildman–Crippen MR) is 117 cm³/mol. The SMILES string of the molecule is CCOC(=O)c1cccc(-c2cccc3cc(Cc4ccnc(OC)c4)sc23)c1. The van der Waals surface area contributed by atoms with Crippen LogP contribution >= 0.6 is 11.3 Å². The minimum Gasteiger partial charge on any atom is -0.481 e. The number of hydrogen-bond acceptors (Lipinski definition) is 5. The number of rotatable bonds is 6. The van der Waals surface area contributed by atoms with Gasteiger partial charge in [-0.3, -0.25) is 0 Å². The molecule has 0 amide bonds. The molecule has 29 heavy (non-hydrogen) atoms. The van der Waals surface area contributed by atoms with E-state index in [0.29, 0.717) is 18.1 Å². The summed E-state index contributed by atoms with van der Waals surface area (Å²) in [7, 11) is 1.63. The first-order valence-electron chi connectivity index (χ1n) is 9.46. The van der Waals surface area contributed by atoms with Crippen molar-refractivity contribution in [3.05, 3.63) is 82.9 Å². The lowest BCUT2D eigenvalue weighted by molar-refractivity contribution is 0.0526. The van der Waals surface area contributed by atoms with E-state index >= 15 is 0 Å². The summed E-state index contributed by atoms with van der Waals surface area (Å²) in [4.78, 5) is 17.6. The molecular formula is C24H21NO3S. The van der Waals surface area contributed by atoms with E-state index < -0.39 is 0 Å². The molecule has 4 nitrogen and oxygen atoms in total. The predicted octanol–water partition coefficient (Wildman–Crippen LogP) is 5.74. The number of pyridine rings is 1. The lowest BCUT2D eigenvalue weighted by Crippen LogP contribution is -2.04. The molecule has 0 saturated heterocycles. The Bertz CT molecular complexity index is 1170. The third-order valence-corrected chi connectivity index (χ3v) is 5.85. The zero-order chi connectivity index (χ0) is 20.2. The van der Waals surface area contributed by atoms with Crippen LogP contribution in [0.4, 0.5) is 0 Å². The maximum Gasteiger partial charge on any atom is 0.338 e. The quantitative estimate of drug-likeness (QED) is 0.385. The Morgan fingerprint density at radius 3 is 2.76 bits per heavy atom. The molecule has 146 valence electrons. The van der Waals surface area contributed by atoms with Crippen LogP contribution in [-0.4, -0.2) is 24.7 Å².